The van der Waals surface area contributed by atoms with E-state index >= 15 is 0 Å². The van der Waals surface area contributed by atoms with Crippen molar-refractivity contribution in [2.75, 3.05) is 32.0 Å². The Labute approximate surface area is 127 Å². The first-order chi connectivity index (χ1) is 10.7. The molecular weight excluding hydrogens is 287 g/mol. The predicted molar refractivity (Wildman–Crippen MR) is 79.7 cm³/mol. The van der Waals surface area contributed by atoms with Gasteiger partial charge in [0.05, 0.1) is 24.6 Å². The third kappa shape index (κ3) is 3.46. The second-order valence-electron chi connectivity index (χ2n) is 5.00. The number of azo groups is 1. The number of rotatable bonds is 4. The maximum Gasteiger partial charge on any atom is 0.173 e. The number of benzene rings is 1. The lowest BCUT2D eigenvalue weighted by molar-refractivity contribution is 0.0337. The van der Waals surface area contributed by atoms with Crippen LogP contribution in [-0.2, 0) is 11.3 Å². The lowest BCUT2D eigenvalue weighted by Gasteiger charge is -2.25. The van der Waals surface area contributed by atoms with E-state index < -0.39 is 0 Å². The molecule has 22 heavy (non-hydrogen) atoms. The molecule has 3 N–H and O–H groups in total. The second-order valence-corrected chi connectivity index (χ2v) is 5.00. The minimum atomic E-state index is -0.356. The van der Waals surface area contributed by atoms with Crippen LogP contribution in [0, 0.1) is 5.82 Å². The third-order valence-electron chi connectivity index (χ3n) is 3.40. The summed E-state index contributed by atoms with van der Waals surface area (Å²) in [5.74, 6) is -0.0754. The summed E-state index contributed by atoms with van der Waals surface area (Å²) >= 11 is 0. The van der Waals surface area contributed by atoms with Gasteiger partial charge >= 0.3 is 0 Å². The summed E-state index contributed by atoms with van der Waals surface area (Å²) in [5, 5.41) is 15.0. The van der Waals surface area contributed by atoms with E-state index in [2.05, 4.69) is 25.3 Å². The number of aromatic nitrogens is 2. The first-order valence-electron chi connectivity index (χ1n) is 7.02. The molecule has 116 valence electrons. The summed E-state index contributed by atoms with van der Waals surface area (Å²) in [4.78, 5) is 2.22. The number of hydrogen-bond donors (Lipinski definition) is 2. The number of hydrogen-bond acceptors (Lipinski definition) is 6. The molecule has 0 radical (unpaired) electrons. The average Bonchev–Trinajstić information content (AvgIpc) is 2.87. The predicted octanol–water partition coefficient (Wildman–Crippen LogP) is 2.38. The largest absolute Gasteiger partial charge is 0.380 e. The van der Waals surface area contributed by atoms with Gasteiger partial charge in [-0.1, -0.05) is 6.07 Å². The Morgan fingerprint density at radius 1 is 1.32 bits per heavy atom. The summed E-state index contributed by atoms with van der Waals surface area (Å²) < 4.78 is 18.5. The molecule has 0 unspecified atom stereocenters. The summed E-state index contributed by atoms with van der Waals surface area (Å²) in [6, 6.07) is 5.91. The molecule has 0 saturated carbocycles. The van der Waals surface area contributed by atoms with Crippen molar-refractivity contribution in [3.05, 3.63) is 35.8 Å². The van der Waals surface area contributed by atoms with Crippen LogP contribution in [0.5, 0.6) is 0 Å². The van der Waals surface area contributed by atoms with Crippen LogP contribution in [0.1, 0.15) is 5.69 Å². The molecule has 3 rings (SSSR count). The molecule has 1 saturated heterocycles. The Kier molecular flexibility index (Phi) is 4.40. The van der Waals surface area contributed by atoms with Gasteiger partial charge in [0.25, 0.3) is 0 Å². The molecule has 2 heterocycles. The number of ether oxygens (including phenoxy) is 1. The van der Waals surface area contributed by atoms with Crippen molar-refractivity contribution in [2.24, 2.45) is 10.2 Å². The topological polar surface area (TPSA) is 91.9 Å². The maximum absolute atomic E-state index is 13.1. The number of anilines is 1. The Bertz CT molecular complexity index is 665. The molecule has 8 heteroatoms. The minimum Gasteiger partial charge on any atom is -0.380 e. The number of nitrogens with two attached hydrogens (primary N) is 1. The molecule has 7 nitrogen and oxygen atoms in total. The summed E-state index contributed by atoms with van der Waals surface area (Å²) in [6.07, 6.45) is 0. The van der Waals surface area contributed by atoms with Crippen LogP contribution in [0.4, 0.5) is 21.6 Å². The average molecular weight is 304 g/mol. The molecule has 2 aromatic rings. The molecule has 0 bridgehead atoms. The second kappa shape index (κ2) is 6.63. The molecule has 1 fully saturated rings. The highest BCUT2D eigenvalue weighted by molar-refractivity contribution is 5.60. The molecule has 1 aliphatic rings. The van der Waals surface area contributed by atoms with E-state index in [-0.39, 0.29) is 11.6 Å². The van der Waals surface area contributed by atoms with Crippen LogP contribution in [-0.4, -0.2) is 41.4 Å². The Morgan fingerprint density at radius 2 is 2.14 bits per heavy atom. The van der Waals surface area contributed by atoms with Crippen molar-refractivity contribution in [2.45, 2.75) is 6.54 Å². The van der Waals surface area contributed by atoms with Crippen LogP contribution in [0.2, 0.25) is 0 Å². The molecule has 1 aromatic carbocycles. The van der Waals surface area contributed by atoms with E-state index in [1.165, 1.54) is 12.1 Å². The van der Waals surface area contributed by atoms with Gasteiger partial charge in [-0.05, 0) is 12.1 Å². The number of morpholine rings is 1. The molecule has 1 aromatic heterocycles. The van der Waals surface area contributed by atoms with Gasteiger partial charge in [-0.3, -0.25) is 10.00 Å². The highest BCUT2D eigenvalue weighted by Gasteiger charge is 2.16. The molecule has 0 spiro atoms. The zero-order valence-corrected chi connectivity index (χ0v) is 12.0. The fourth-order valence-corrected chi connectivity index (χ4v) is 2.24. The van der Waals surface area contributed by atoms with Gasteiger partial charge in [0.2, 0.25) is 0 Å². The lowest BCUT2D eigenvalue weighted by atomic mass is 10.3. The normalized spacial score (nSPS) is 16.4. The number of nitrogen functional groups attached to an aromatic ring is 1. The van der Waals surface area contributed by atoms with Crippen molar-refractivity contribution in [3.8, 4) is 0 Å². The minimum absolute atomic E-state index is 0.281. The summed E-state index contributed by atoms with van der Waals surface area (Å²) in [7, 11) is 0. The Hall–Kier alpha value is -2.32. The van der Waals surface area contributed by atoms with Crippen molar-refractivity contribution in [3.63, 3.8) is 0 Å². The molecule has 0 atom stereocenters. The van der Waals surface area contributed by atoms with Gasteiger partial charge in [0, 0.05) is 25.7 Å². The summed E-state index contributed by atoms with van der Waals surface area (Å²) in [5.41, 5.74) is 7.54. The van der Waals surface area contributed by atoms with Crippen molar-refractivity contribution in [1.82, 2.24) is 15.1 Å². The highest BCUT2D eigenvalue weighted by Crippen LogP contribution is 2.28. The van der Waals surface area contributed by atoms with E-state index in [9.17, 15) is 4.39 Å². The molecule has 1 aliphatic heterocycles. The highest BCUT2D eigenvalue weighted by atomic mass is 19.1. The zero-order valence-electron chi connectivity index (χ0n) is 12.0. The SMILES string of the molecule is Nc1n[nH]c(CN2CCOCC2)c1N=Nc1cccc(F)c1. The van der Waals surface area contributed by atoms with E-state index in [1.807, 2.05) is 0 Å². The molecule has 0 amide bonds. The van der Waals surface area contributed by atoms with Gasteiger partial charge in [-0.25, -0.2) is 4.39 Å². The van der Waals surface area contributed by atoms with Crippen molar-refractivity contribution < 1.29 is 9.13 Å². The monoisotopic (exact) mass is 304 g/mol. The fraction of sp³-hybridized carbons (Fsp3) is 0.357. The zero-order chi connectivity index (χ0) is 15.4. The van der Waals surface area contributed by atoms with Gasteiger partial charge in [0.15, 0.2) is 11.5 Å². The van der Waals surface area contributed by atoms with Gasteiger partial charge in [-0.15, -0.1) is 5.11 Å². The molecular formula is C14H17FN6O. The van der Waals surface area contributed by atoms with E-state index in [0.29, 0.717) is 31.1 Å². The van der Waals surface area contributed by atoms with E-state index in [4.69, 9.17) is 10.5 Å². The van der Waals surface area contributed by atoms with Crippen LogP contribution in [0.25, 0.3) is 0 Å². The number of nitrogens with one attached hydrogen (secondary N) is 1. The van der Waals surface area contributed by atoms with E-state index in [0.717, 1.165) is 18.8 Å². The Morgan fingerprint density at radius 3 is 2.91 bits per heavy atom. The standard InChI is InChI=1S/C14H17FN6O/c15-10-2-1-3-11(8-10)17-19-13-12(18-20-14(13)16)9-21-4-6-22-7-5-21/h1-3,8H,4-7,9H2,(H3,16,18,20). The number of nitrogens with zero attached hydrogens (tertiary/aromatic N) is 4. The number of H-pyrrole nitrogens is 1. The third-order valence-corrected chi connectivity index (χ3v) is 3.40. The van der Waals surface area contributed by atoms with Crippen molar-refractivity contribution >= 4 is 17.2 Å². The first-order valence-corrected chi connectivity index (χ1v) is 7.02. The smallest absolute Gasteiger partial charge is 0.173 e. The maximum atomic E-state index is 13.1. The molecule has 0 aliphatic carbocycles. The fourth-order valence-electron chi connectivity index (χ4n) is 2.24. The number of aromatic amines is 1. The van der Waals surface area contributed by atoms with Gasteiger partial charge in [0.1, 0.15) is 5.82 Å². The van der Waals surface area contributed by atoms with Crippen LogP contribution >= 0.6 is 0 Å². The van der Waals surface area contributed by atoms with Crippen LogP contribution < -0.4 is 5.73 Å². The van der Waals surface area contributed by atoms with E-state index in [1.54, 1.807) is 12.1 Å². The van der Waals surface area contributed by atoms with Crippen LogP contribution in [0.15, 0.2) is 34.5 Å². The number of halogens is 1. The lowest BCUT2D eigenvalue weighted by Crippen LogP contribution is -2.35. The van der Waals surface area contributed by atoms with Crippen LogP contribution in [0.3, 0.4) is 0 Å². The Balaban J connectivity index is 1.76. The first kappa shape index (κ1) is 14.6. The van der Waals surface area contributed by atoms with Crippen molar-refractivity contribution in [1.29, 1.82) is 0 Å². The summed E-state index contributed by atoms with van der Waals surface area (Å²) in [6.45, 7) is 3.76. The quantitative estimate of drug-likeness (QED) is 0.848. The van der Waals surface area contributed by atoms with Gasteiger partial charge in [-0.2, -0.15) is 10.2 Å². The van der Waals surface area contributed by atoms with Gasteiger partial charge < -0.3 is 10.5 Å².